The molecular weight excluding hydrogens is 322 g/mol. The van der Waals surface area contributed by atoms with Gasteiger partial charge in [0.1, 0.15) is 0 Å². The zero-order valence-corrected chi connectivity index (χ0v) is 13.1. The Balaban J connectivity index is 1.76. The maximum atomic E-state index is 12.3. The van der Waals surface area contributed by atoms with Crippen molar-refractivity contribution in [1.82, 2.24) is 5.32 Å². The highest BCUT2D eigenvalue weighted by Crippen LogP contribution is 2.33. The maximum Gasteiger partial charge on any atom is 0.269 e. The standard InChI is InChI=1S/C18H13N3O4/c22-17-14-4-2-1-3-13(14)15(18(23)19-17)10-20-8-7-11-9-12(21(24)25)5-6-16(11)20/h1-6,9-10H,7-8H2,(H,19,22,23)/b15-10+. The molecule has 25 heavy (non-hydrogen) atoms. The topological polar surface area (TPSA) is 92.6 Å². The molecule has 0 saturated heterocycles. The van der Waals surface area contributed by atoms with Gasteiger partial charge in [-0.1, -0.05) is 18.2 Å². The molecule has 1 N–H and O–H groups in total. The zero-order valence-electron chi connectivity index (χ0n) is 13.1. The molecule has 2 aliphatic heterocycles. The van der Waals surface area contributed by atoms with E-state index in [4.69, 9.17) is 0 Å². The van der Waals surface area contributed by atoms with Crippen LogP contribution in [0.5, 0.6) is 0 Å². The number of nitrogens with zero attached hydrogens (tertiary/aromatic N) is 2. The lowest BCUT2D eigenvalue weighted by Crippen LogP contribution is -2.37. The summed E-state index contributed by atoms with van der Waals surface area (Å²) in [5.74, 6) is -0.853. The number of non-ortho nitro benzene ring substituents is 1. The first-order chi connectivity index (χ1) is 12.0. The first-order valence-corrected chi connectivity index (χ1v) is 7.75. The molecule has 7 heteroatoms. The summed E-state index contributed by atoms with van der Waals surface area (Å²) in [4.78, 5) is 36.6. The number of nitrogens with one attached hydrogen (secondary N) is 1. The van der Waals surface area contributed by atoms with E-state index >= 15 is 0 Å². The van der Waals surface area contributed by atoms with Crippen LogP contribution in [-0.2, 0) is 11.2 Å². The van der Waals surface area contributed by atoms with Crippen LogP contribution in [0.1, 0.15) is 21.5 Å². The van der Waals surface area contributed by atoms with Crippen molar-refractivity contribution in [2.45, 2.75) is 6.42 Å². The second-order valence-corrected chi connectivity index (χ2v) is 5.89. The molecule has 0 bridgehead atoms. The minimum Gasteiger partial charge on any atom is -0.347 e. The number of anilines is 1. The minimum absolute atomic E-state index is 0.0552. The van der Waals surface area contributed by atoms with Crippen molar-refractivity contribution < 1.29 is 14.5 Å². The first kappa shape index (κ1) is 15.1. The largest absolute Gasteiger partial charge is 0.347 e. The fourth-order valence-electron chi connectivity index (χ4n) is 3.22. The summed E-state index contributed by atoms with van der Waals surface area (Å²) in [5.41, 5.74) is 3.20. The van der Waals surface area contributed by atoms with Gasteiger partial charge in [0.2, 0.25) is 0 Å². The summed E-state index contributed by atoms with van der Waals surface area (Å²) < 4.78 is 0. The number of carbonyl (C=O) groups excluding carboxylic acids is 2. The number of fused-ring (bicyclic) bond motifs is 2. The van der Waals surface area contributed by atoms with Gasteiger partial charge in [-0.3, -0.25) is 25.0 Å². The third kappa shape index (κ3) is 2.46. The minimum atomic E-state index is -0.445. The van der Waals surface area contributed by atoms with Gasteiger partial charge >= 0.3 is 0 Å². The molecule has 0 spiro atoms. The molecule has 0 fully saturated rings. The van der Waals surface area contributed by atoms with E-state index in [0.717, 1.165) is 11.3 Å². The van der Waals surface area contributed by atoms with E-state index in [0.29, 0.717) is 29.7 Å². The van der Waals surface area contributed by atoms with Crippen molar-refractivity contribution in [1.29, 1.82) is 0 Å². The van der Waals surface area contributed by atoms with Crippen molar-refractivity contribution >= 4 is 28.8 Å². The molecule has 4 rings (SSSR count). The molecule has 124 valence electrons. The molecule has 0 saturated carbocycles. The lowest BCUT2D eigenvalue weighted by Gasteiger charge is -2.21. The third-order valence-corrected chi connectivity index (χ3v) is 4.42. The van der Waals surface area contributed by atoms with Gasteiger partial charge in [-0.15, -0.1) is 0 Å². The Labute approximate surface area is 142 Å². The Hall–Kier alpha value is -3.48. The third-order valence-electron chi connectivity index (χ3n) is 4.42. The van der Waals surface area contributed by atoms with Gasteiger partial charge in [-0.25, -0.2) is 0 Å². The smallest absolute Gasteiger partial charge is 0.269 e. The first-order valence-electron chi connectivity index (χ1n) is 7.75. The van der Waals surface area contributed by atoms with E-state index < -0.39 is 16.7 Å². The Morgan fingerprint density at radius 2 is 1.84 bits per heavy atom. The molecular formula is C18H13N3O4. The number of imide groups is 1. The van der Waals surface area contributed by atoms with Gasteiger partial charge in [-0.2, -0.15) is 0 Å². The number of hydrogen-bond donors (Lipinski definition) is 1. The van der Waals surface area contributed by atoms with E-state index in [1.54, 1.807) is 42.6 Å². The molecule has 2 aromatic rings. The normalized spacial score (nSPS) is 17.3. The molecule has 0 atom stereocenters. The van der Waals surface area contributed by atoms with Crippen LogP contribution < -0.4 is 10.2 Å². The van der Waals surface area contributed by atoms with E-state index in [1.165, 1.54) is 6.07 Å². The lowest BCUT2D eigenvalue weighted by atomic mass is 9.95. The molecule has 2 amide bonds. The Morgan fingerprint density at radius 3 is 2.60 bits per heavy atom. The second kappa shape index (κ2) is 5.55. The van der Waals surface area contributed by atoms with Gasteiger partial charge < -0.3 is 4.90 Å². The summed E-state index contributed by atoms with van der Waals surface area (Å²) >= 11 is 0. The summed E-state index contributed by atoms with van der Waals surface area (Å²) in [5, 5.41) is 13.3. The molecule has 2 heterocycles. The maximum absolute atomic E-state index is 12.3. The fraction of sp³-hybridized carbons (Fsp3) is 0.111. The predicted molar refractivity (Wildman–Crippen MR) is 91.0 cm³/mol. The van der Waals surface area contributed by atoms with Crippen molar-refractivity contribution in [3.05, 3.63) is 75.5 Å². The van der Waals surface area contributed by atoms with E-state index in [-0.39, 0.29) is 5.69 Å². The lowest BCUT2D eigenvalue weighted by molar-refractivity contribution is -0.384. The zero-order chi connectivity index (χ0) is 17.6. The second-order valence-electron chi connectivity index (χ2n) is 5.89. The number of amides is 2. The molecule has 2 aromatic carbocycles. The number of carbonyl (C=O) groups is 2. The van der Waals surface area contributed by atoms with Gasteiger partial charge in [0.05, 0.1) is 10.5 Å². The van der Waals surface area contributed by atoms with Crippen molar-refractivity contribution in [3.63, 3.8) is 0 Å². The summed E-state index contributed by atoms with van der Waals surface area (Å²) in [7, 11) is 0. The average Bonchev–Trinajstić information content (AvgIpc) is 3.00. The van der Waals surface area contributed by atoms with E-state index in [1.807, 2.05) is 4.90 Å². The highest BCUT2D eigenvalue weighted by atomic mass is 16.6. The van der Waals surface area contributed by atoms with Crippen LogP contribution in [0.2, 0.25) is 0 Å². The van der Waals surface area contributed by atoms with E-state index in [2.05, 4.69) is 5.32 Å². The van der Waals surface area contributed by atoms with E-state index in [9.17, 15) is 19.7 Å². The van der Waals surface area contributed by atoms with Crippen LogP contribution in [0.25, 0.3) is 5.57 Å². The van der Waals surface area contributed by atoms with Gasteiger partial charge in [0, 0.05) is 41.7 Å². The predicted octanol–water partition coefficient (Wildman–Crippen LogP) is 2.27. The van der Waals surface area contributed by atoms with Crippen molar-refractivity contribution in [2.24, 2.45) is 0 Å². The SMILES string of the molecule is O=C1NC(=O)c2ccccc2/C1=C\N1CCc2cc([N+](=O)[O-])ccc21. The molecule has 0 unspecified atom stereocenters. The van der Waals surface area contributed by atoms with Crippen LogP contribution in [0.15, 0.2) is 48.7 Å². The molecule has 0 radical (unpaired) electrons. The fourth-order valence-corrected chi connectivity index (χ4v) is 3.22. The van der Waals surface area contributed by atoms with Crippen LogP contribution in [-0.4, -0.2) is 23.3 Å². The highest BCUT2D eigenvalue weighted by molar-refractivity contribution is 6.31. The van der Waals surface area contributed by atoms with Crippen LogP contribution in [0, 0.1) is 10.1 Å². The quantitative estimate of drug-likeness (QED) is 0.393. The molecule has 7 nitrogen and oxygen atoms in total. The number of nitro benzene ring substituents is 1. The number of nitro groups is 1. The summed E-state index contributed by atoms with van der Waals surface area (Å²) in [6.07, 6.45) is 2.36. The Bertz CT molecular complexity index is 965. The molecule has 0 aliphatic carbocycles. The van der Waals surface area contributed by atoms with Crippen molar-refractivity contribution in [2.75, 3.05) is 11.4 Å². The average molecular weight is 335 g/mol. The van der Waals surface area contributed by atoms with Gasteiger partial charge in [0.15, 0.2) is 0 Å². The van der Waals surface area contributed by atoms with Crippen LogP contribution in [0.3, 0.4) is 0 Å². The van der Waals surface area contributed by atoms with Crippen molar-refractivity contribution in [3.8, 4) is 0 Å². The molecule has 0 aromatic heterocycles. The Morgan fingerprint density at radius 1 is 1.08 bits per heavy atom. The number of benzene rings is 2. The van der Waals surface area contributed by atoms with Gasteiger partial charge in [0.25, 0.3) is 17.5 Å². The number of hydrogen-bond acceptors (Lipinski definition) is 5. The Kier molecular flexibility index (Phi) is 3.35. The summed E-state index contributed by atoms with van der Waals surface area (Å²) in [6.45, 7) is 0.614. The monoisotopic (exact) mass is 335 g/mol. The highest BCUT2D eigenvalue weighted by Gasteiger charge is 2.29. The van der Waals surface area contributed by atoms with Crippen LogP contribution >= 0.6 is 0 Å². The van der Waals surface area contributed by atoms with Gasteiger partial charge in [-0.05, 0) is 24.1 Å². The summed E-state index contributed by atoms with van der Waals surface area (Å²) in [6, 6.07) is 11.6. The number of rotatable bonds is 2. The molecule has 2 aliphatic rings. The van der Waals surface area contributed by atoms with Crippen LogP contribution in [0.4, 0.5) is 11.4 Å².